The van der Waals surface area contributed by atoms with Gasteiger partial charge in [-0.05, 0) is 26.2 Å². The molecule has 6 nitrogen and oxygen atoms in total. The maximum atomic E-state index is 11.9. The molecule has 0 aliphatic rings. The summed E-state index contributed by atoms with van der Waals surface area (Å²) in [7, 11) is 0. The van der Waals surface area contributed by atoms with E-state index >= 15 is 0 Å². The van der Waals surface area contributed by atoms with E-state index in [1.165, 1.54) is 0 Å². The van der Waals surface area contributed by atoms with E-state index in [4.69, 9.17) is 0 Å². The van der Waals surface area contributed by atoms with Gasteiger partial charge >= 0.3 is 5.97 Å². The largest absolute Gasteiger partial charge is 0.481 e. The lowest BCUT2D eigenvalue weighted by Crippen LogP contribution is -2.47. The first-order valence-corrected chi connectivity index (χ1v) is 7.13. The fourth-order valence-corrected chi connectivity index (χ4v) is 1.94. The lowest BCUT2D eigenvalue weighted by molar-refractivity contribution is -0.152. The highest BCUT2D eigenvalue weighted by atomic mass is 16.4. The molecule has 0 heterocycles. The van der Waals surface area contributed by atoms with Gasteiger partial charge in [-0.3, -0.25) is 14.4 Å². The van der Waals surface area contributed by atoms with E-state index in [-0.39, 0.29) is 12.3 Å². The zero-order valence-corrected chi connectivity index (χ0v) is 12.8. The third kappa shape index (κ3) is 5.19. The average molecular weight is 286 g/mol. The van der Waals surface area contributed by atoms with Crippen LogP contribution >= 0.6 is 0 Å². The second-order valence-electron chi connectivity index (χ2n) is 5.05. The van der Waals surface area contributed by atoms with Crippen LogP contribution in [0.4, 0.5) is 0 Å². The van der Waals surface area contributed by atoms with Gasteiger partial charge in [0.05, 0.1) is 5.41 Å². The summed E-state index contributed by atoms with van der Waals surface area (Å²) in [6.45, 7) is 7.59. The van der Waals surface area contributed by atoms with Crippen molar-refractivity contribution < 1.29 is 19.5 Å². The van der Waals surface area contributed by atoms with Crippen molar-refractivity contribution in [3.05, 3.63) is 0 Å². The van der Waals surface area contributed by atoms with Gasteiger partial charge in [-0.25, -0.2) is 0 Å². The highest BCUT2D eigenvalue weighted by Gasteiger charge is 2.37. The van der Waals surface area contributed by atoms with E-state index in [1.54, 1.807) is 20.8 Å². The number of carboxylic acids is 1. The Morgan fingerprint density at radius 1 is 1.15 bits per heavy atom. The van der Waals surface area contributed by atoms with Gasteiger partial charge in [-0.1, -0.05) is 20.8 Å². The second kappa shape index (κ2) is 8.55. The fourth-order valence-electron chi connectivity index (χ4n) is 1.94. The first kappa shape index (κ1) is 18.4. The zero-order valence-electron chi connectivity index (χ0n) is 12.8. The normalized spacial score (nSPS) is 12.6. The number of aliphatic carboxylic acids is 1. The number of carbonyl (C=O) groups is 3. The molecule has 6 heteroatoms. The van der Waals surface area contributed by atoms with Crippen LogP contribution in [0, 0.1) is 5.41 Å². The molecule has 0 saturated heterocycles. The molecule has 1 atom stereocenters. The topological polar surface area (TPSA) is 95.5 Å². The molecule has 0 aliphatic heterocycles. The minimum absolute atomic E-state index is 0.110. The third-order valence-electron chi connectivity index (χ3n) is 3.63. The Morgan fingerprint density at radius 2 is 1.70 bits per heavy atom. The number of nitrogens with one attached hydrogen (secondary N) is 2. The van der Waals surface area contributed by atoms with Crippen LogP contribution in [0.2, 0.25) is 0 Å². The number of carbonyl (C=O) groups excluding carboxylic acids is 2. The molecule has 0 aromatic heterocycles. The van der Waals surface area contributed by atoms with Crippen molar-refractivity contribution in [3.63, 3.8) is 0 Å². The lowest BCUT2D eigenvalue weighted by atomic mass is 9.79. The monoisotopic (exact) mass is 286 g/mol. The van der Waals surface area contributed by atoms with Crippen molar-refractivity contribution in [2.24, 2.45) is 5.41 Å². The summed E-state index contributed by atoms with van der Waals surface area (Å²) in [6.07, 6.45) is 1.46. The fraction of sp³-hybridized carbons (Fsp3) is 0.786. The average Bonchev–Trinajstić information content (AvgIpc) is 2.41. The summed E-state index contributed by atoms with van der Waals surface area (Å²) in [4.78, 5) is 34.9. The first-order chi connectivity index (χ1) is 9.32. The van der Waals surface area contributed by atoms with Crippen LogP contribution in [0.3, 0.4) is 0 Å². The molecule has 0 bridgehead atoms. The quantitative estimate of drug-likeness (QED) is 0.595. The van der Waals surface area contributed by atoms with Gasteiger partial charge in [0.1, 0.15) is 6.04 Å². The van der Waals surface area contributed by atoms with Gasteiger partial charge in [0, 0.05) is 13.0 Å². The molecule has 0 radical (unpaired) electrons. The summed E-state index contributed by atoms with van der Waals surface area (Å²) in [5, 5.41) is 14.5. The molecule has 0 aromatic rings. The SMILES string of the molecule is CCCNC(=O)C(C)NC(=O)CC(CC)(CC)C(=O)O. The summed E-state index contributed by atoms with van der Waals surface area (Å²) in [5.74, 6) is -1.63. The Morgan fingerprint density at radius 3 is 2.10 bits per heavy atom. The maximum Gasteiger partial charge on any atom is 0.310 e. The van der Waals surface area contributed by atoms with Gasteiger partial charge in [0.15, 0.2) is 0 Å². The molecule has 0 rings (SSSR count). The number of amides is 2. The van der Waals surface area contributed by atoms with Crippen LogP contribution in [0.25, 0.3) is 0 Å². The Balaban J connectivity index is 4.54. The molecule has 0 fully saturated rings. The molecule has 0 spiro atoms. The summed E-state index contributed by atoms with van der Waals surface area (Å²) >= 11 is 0. The Kier molecular flexibility index (Phi) is 7.87. The van der Waals surface area contributed by atoms with Crippen LogP contribution in [0.1, 0.15) is 53.4 Å². The van der Waals surface area contributed by atoms with E-state index in [1.807, 2.05) is 6.92 Å². The van der Waals surface area contributed by atoms with Crippen LogP contribution in [0.5, 0.6) is 0 Å². The molecule has 0 saturated carbocycles. The van der Waals surface area contributed by atoms with E-state index in [9.17, 15) is 19.5 Å². The van der Waals surface area contributed by atoms with Crippen molar-refractivity contribution >= 4 is 17.8 Å². The lowest BCUT2D eigenvalue weighted by Gasteiger charge is -2.26. The zero-order chi connectivity index (χ0) is 15.8. The Bertz CT molecular complexity index is 351. The highest BCUT2D eigenvalue weighted by Crippen LogP contribution is 2.30. The molecule has 116 valence electrons. The molecular weight excluding hydrogens is 260 g/mol. The molecular formula is C14H26N2O4. The highest BCUT2D eigenvalue weighted by molar-refractivity contribution is 5.89. The van der Waals surface area contributed by atoms with Gasteiger partial charge in [0.2, 0.25) is 11.8 Å². The molecule has 2 amide bonds. The van der Waals surface area contributed by atoms with Crippen LogP contribution in [0.15, 0.2) is 0 Å². The van der Waals surface area contributed by atoms with Gasteiger partial charge in [0.25, 0.3) is 0 Å². The van der Waals surface area contributed by atoms with Gasteiger partial charge in [-0.15, -0.1) is 0 Å². The number of hydrogen-bond acceptors (Lipinski definition) is 3. The number of hydrogen-bond donors (Lipinski definition) is 3. The second-order valence-corrected chi connectivity index (χ2v) is 5.05. The number of rotatable bonds is 9. The number of carboxylic acid groups (broad SMARTS) is 1. The maximum absolute atomic E-state index is 11.9. The van der Waals surface area contributed by atoms with E-state index in [0.29, 0.717) is 19.4 Å². The first-order valence-electron chi connectivity index (χ1n) is 7.13. The minimum atomic E-state index is -1.05. The third-order valence-corrected chi connectivity index (χ3v) is 3.63. The van der Waals surface area contributed by atoms with Crippen molar-refractivity contribution in [1.29, 1.82) is 0 Å². The van der Waals surface area contributed by atoms with Crippen LogP contribution < -0.4 is 10.6 Å². The van der Waals surface area contributed by atoms with Gasteiger partial charge in [-0.2, -0.15) is 0 Å². The predicted octanol–water partition coefficient (Wildman–Crippen LogP) is 1.30. The molecule has 20 heavy (non-hydrogen) atoms. The van der Waals surface area contributed by atoms with Crippen LogP contribution in [-0.2, 0) is 14.4 Å². The molecule has 1 unspecified atom stereocenters. The molecule has 0 aromatic carbocycles. The molecule has 3 N–H and O–H groups in total. The van der Waals surface area contributed by atoms with Crippen molar-refractivity contribution in [1.82, 2.24) is 10.6 Å². The summed E-state index contributed by atoms with van der Waals surface area (Å²) < 4.78 is 0. The summed E-state index contributed by atoms with van der Waals surface area (Å²) in [5.41, 5.74) is -1.05. The van der Waals surface area contributed by atoms with Crippen molar-refractivity contribution in [2.75, 3.05) is 6.54 Å². The smallest absolute Gasteiger partial charge is 0.310 e. The molecule has 0 aliphatic carbocycles. The van der Waals surface area contributed by atoms with E-state index < -0.39 is 23.3 Å². The Labute approximate surface area is 120 Å². The van der Waals surface area contributed by atoms with Crippen molar-refractivity contribution in [3.8, 4) is 0 Å². The standard InChI is InChI=1S/C14H26N2O4/c1-5-8-15-12(18)10(4)16-11(17)9-14(6-2,7-3)13(19)20/h10H,5-9H2,1-4H3,(H,15,18)(H,16,17)(H,19,20). The van der Waals surface area contributed by atoms with E-state index in [2.05, 4.69) is 10.6 Å². The van der Waals surface area contributed by atoms with Crippen molar-refractivity contribution in [2.45, 2.75) is 59.4 Å². The van der Waals surface area contributed by atoms with E-state index in [0.717, 1.165) is 6.42 Å². The summed E-state index contributed by atoms with van der Waals surface area (Å²) in [6, 6.07) is -0.658. The minimum Gasteiger partial charge on any atom is -0.481 e. The van der Waals surface area contributed by atoms with Gasteiger partial charge < -0.3 is 15.7 Å². The Hall–Kier alpha value is -1.59. The van der Waals surface area contributed by atoms with Crippen LogP contribution in [-0.4, -0.2) is 35.5 Å². The predicted molar refractivity (Wildman–Crippen MR) is 76.2 cm³/mol.